The van der Waals surface area contributed by atoms with Crippen molar-refractivity contribution in [2.45, 2.75) is 25.2 Å². The van der Waals surface area contributed by atoms with Crippen LogP contribution < -0.4 is 15.4 Å². The summed E-state index contributed by atoms with van der Waals surface area (Å²) in [6.45, 7) is 3.12. The van der Waals surface area contributed by atoms with E-state index in [4.69, 9.17) is 9.47 Å². The van der Waals surface area contributed by atoms with Crippen LogP contribution in [0.1, 0.15) is 41.2 Å². The van der Waals surface area contributed by atoms with Crippen LogP contribution in [0.5, 0.6) is 5.75 Å². The third-order valence-corrected chi connectivity index (χ3v) is 4.90. The van der Waals surface area contributed by atoms with Gasteiger partial charge in [0, 0.05) is 26.2 Å². The number of nitrogens with zero attached hydrogens (tertiary/aromatic N) is 2. The van der Waals surface area contributed by atoms with Crippen molar-refractivity contribution in [3.8, 4) is 11.4 Å². The summed E-state index contributed by atoms with van der Waals surface area (Å²) < 4.78 is 12.2. The highest BCUT2D eigenvalue weighted by molar-refractivity contribution is 5.95. The van der Waals surface area contributed by atoms with E-state index in [0.29, 0.717) is 24.6 Å². The Bertz CT molecular complexity index is 736. The molecule has 0 radical (unpaired) electrons. The van der Waals surface area contributed by atoms with E-state index in [1.165, 1.54) is 0 Å². The van der Waals surface area contributed by atoms with Gasteiger partial charge < -0.3 is 20.1 Å². The van der Waals surface area contributed by atoms with Gasteiger partial charge in [0.25, 0.3) is 5.91 Å². The topological polar surface area (TPSA) is 77.4 Å². The van der Waals surface area contributed by atoms with Gasteiger partial charge in [0.2, 0.25) is 0 Å². The van der Waals surface area contributed by atoms with Crippen LogP contribution in [0.15, 0.2) is 30.5 Å². The summed E-state index contributed by atoms with van der Waals surface area (Å²) in [5.41, 5.74) is 2.59. The molecule has 1 aromatic carbocycles. The van der Waals surface area contributed by atoms with Gasteiger partial charge in [-0.05, 0) is 56.6 Å². The molecule has 1 fully saturated rings. The minimum Gasteiger partial charge on any atom is -0.497 e. The van der Waals surface area contributed by atoms with E-state index >= 15 is 0 Å². The highest BCUT2D eigenvalue weighted by Gasteiger charge is 2.26. The maximum Gasteiger partial charge on any atom is 0.254 e. The van der Waals surface area contributed by atoms with E-state index in [1.54, 1.807) is 20.4 Å². The largest absolute Gasteiger partial charge is 0.497 e. The number of aromatic nitrogens is 2. The molecule has 0 unspecified atom stereocenters. The molecule has 2 heterocycles. The zero-order valence-electron chi connectivity index (χ0n) is 16.0. The fourth-order valence-corrected chi connectivity index (χ4v) is 3.46. The van der Waals surface area contributed by atoms with Crippen molar-refractivity contribution in [3.05, 3.63) is 41.7 Å². The van der Waals surface area contributed by atoms with Gasteiger partial charge in [-0.2, -0.15) is 5.10 Å². The maximum atomic E-state index is 12.8. The summed E-state index contributed by atoms with van der Waals surface area (Å²) >= 11 is 0. The van der Waals surface area contributed by atoms with Crippen LogP contribution in [0.2, 0.25) is 0 Å². The molecule has 1 amide bonds. The molecule has 3 rings (SSSR count). The first-order valence-electron chi connectivity index (χ1n) is 9.44. The molecule has 0 spiro atoms. The zero-order chi connectivity index (χ0) is 19.1. The van der Waals surface area contributed by atoms with Gasteiger partial charge in [0.15, 0.2) is 0 Å². The lowest BCUT2D eigenvalue weighted by Gasteiger charge is -2.24. The first-order valence-corrected chi connectivity index (χ1v) is 9.44. The number of hydrogen-bond donors (Lipinski definition) is 2. The first kappa shape index (κ1) is 19.4. The van der Waals surface area contributed by atoms with Crippen LogP contribution in [0.25, 0.3) is 5.69 Å². The molecule has 0 saturated carbocycles. The van der Waals surface area contributed by atoms with E-state index in [2.05, 4.69) is 15.7 Å². The number of ether oxygens (including phenoxy) is 2. The summed E-state index contributed by atoms with van der Waals surface area (Å²) in [5, 5.41) is 10.9. The van der Waals surface area contributed by atoms with Crippen LogP contribution in [0.3, 0.4) is 0 Å². The van der Waals surface area contributed by atoms with Crippen molar-refractivity contribution in [1.29, 1.82) is 0 Å². The van der Waals surface area contributed by atoms with E-state index in [1.807, 2.05) is 28.9 Å². The van der Waals surface area contributed by atoms with E-state index in [-0.39, 0.29) is 5.91 Å². The molecular weight excluding hydrogens is 344 g/mol. The van der Waals surface area contributed by atoms with Gasteiger partial charge in [-0.1, -0.05) is 0 Å². The van der Waals surface area contributed by atoms with Crippen LogP contribution in [0.4, 0.5) is 0 Å². The zero-order valence-corrected chi connectivity index (χ0v) is 16.0. The van der Waals surface area contributed by atoms with Crippen LogP contribution in [-0.2, 0) is 4.74 Å². The van der Waals surface area contributed by atoms with Crippen molar-refractivity contribution in [1.82, 2.24) is 20.4 Å². The summed E-state index contributed by atoms with van der Waals surface area (Å²) in [4.78, 5) is 12.8. The second kappa shape index (κ2) is 9.53. The quantitative estimate of drug-likeness (QED) is 0.694. The highest BCUT2D eigenvalue weighted by Crippen LogP contribution is 2.30. The Labute approximate surface area is 160 Å². The SMILES string of the molecule is COCCCNC(=O)c1cnn(-c2ccc(OC)cc2)c1C1CCNCC1. The van der Waals surface area contributed by atoms with Crippen LogP contribution in [-0.4, -0.2) is 56.1 Å². The number of methoxy groups -OCH3 is 2. The number of nitrogens with one attached hydrogen (secondary N) is 2. The second-order valence-electron chi connectivity index (χ2n) is 6.68. The molecule has 1 aliphatic rings. The highest BCUT2D eigenvalue weighted by atomic mass is 16.5. The predicted molar refractivity (Wildman–Crippen MR) is 104 cm³/mol. The van der Waals surface area contributed by atoms with Crippen molar-refractivity contribution in [3.63, 3.8) is 0 Å². The van der Waals surface area contributed by atoms with E-state index in [0.717, 1.165) is 49.5 Å². The normalized spacial score (nSPS) is 14.9. The number of rotatable bonds is 8. The number of benzene rings is 1. The third kappa shape index (κ3) is 4.67. The number of carbonyl (C=O) groups is 1. The summed E-state index contributed by atoms with van der Waals surface area (Å²) in [7, 11) is 3.31. The molecule has 1 saturated heterocycles. The number of hydrogen-bond acceptors (Lipinski definition) is 5. The fourth-order valence-electron chi connectivity index (χ4n) is 3.46. The number of piperidine rings is 1. The van der Waals surface area contributed by atoms with E-state index < -0.39 is 0 Å². The Morgan fingerprint density at radius 1 is 1.26 bits per heavy atom. The predicted octanol–water partition coefficient (Wildman–Crippen LogP) is 2.11. The standard InChI is InChI=1S/C20H28N4O3/c1-26-13-3-10-22-20(25)18-14-23-24(16-4-6-17(27-2)7-5-16)19(18)15-8-11-21-12-9-15/h4-7,14-15,21H,3,8-13H2,1-2H3,(H,22,25). The Hall–Kier alpha value is -2.38. The lowest BCUT2D eigenvalue weighted by atomic mass is 9.91. The van der Waals surface area contributed by atoms with Gasteiger partial charge in [-0.3, -0.25) is 4.79 Å². The van der Waals surface area contributed by atoms with Gasteiger partial charge >= 0.3 is 0 Å². The Kier molecular flexibility index (Phi) is 6.84. The van der Waals surface area contributed by atoms with Gasteiger partial charge in [-0.25, -0.2) is 4.68 Å². The molecule has 0 aliphatic carbocycles. The number of carbonyl (C=O) groups excluding carboxylic acids is 1. The molecule has 1 aliphatic heterocycles. The molecular formula is C20H28N4O3. The number of amides is 1. The van der Waals surface area contributed by atoms with E-state index in [9.17, 15) is 4.79 Å². The molecule has 2 aromatic rings. The first-order chi connectivity index (χ1) is 13.2. The minimum absolute atomic E-state index is 0.0700. The average molecular weight is 372 g/mol. The summed E-state index contributed by atoms with van der Waals surface area (Å²) in [6.07, 6.45) is 4.46. The molecule has 146 valence electrons. The maximum absolute atomic E-state index is 12.8. The second-order valence-corrected chi connectivity index (χ2v) is 6.68. The summed E-state index contributed by atoms with van der Waals surface area (Å²) in [5.74, 6) is 1.03. The lowest BCUT2D eigenvalue weighted by Crippen LogP contribution is -2.30. The Morgan fingerprint density at radius 3 is 2.67 bits per heavy atom. The van der Waals surface area contributed by atoms with Crippen molar-refractivity contribution in [2.75, 3.05) is 40.5 Å². The van der Waals surface area contributed by atoms with Crippen molar-refractivity contribution in [2.24, 2.45) is 0 Å². The lowest BCUT2D eigenvalue weighted by molar-refractivity contribution is 0.0947. The molecule has 1 aromatic heterocycles. The van der Waals surface area contributed by atoms with Crippen LogP contribution >= 0.6 is 0 Å². The molecule has 27 heavy (non-hydrogen) atoms. The summed E-state index contributed by atoms with van der Waals surface area (Å²) in [6, 6.07) is 7.76. The van der Waals surface area contributed by atoms with Crippen molar-refractivity contribution < 1.29 is 14.3 Å². The smallest absolute Gasteiger partial charge is 0.254 e. The van der Waals surface area contributed by atoms with Gasteiger partial charge in [-0.15, -0.1) is 0 Å². The average Bonchev–Trinajstić information content (AvgIpc) is 3.17. The molecule has 0 bridgehead atoms. The van der Waals surface area contributed by atoms with Crippen molar-refractivity contribution >= 4 is 5.91 Å². The fraction of sp³-hybridized carbons (Fsp3) is 0.500. The van der Waals surface area contributed by atoms with Gasteiger partial charge in [0.05, 0.1) is 30.3 Å². The van der Waals surface area contributed by atoms with Crippen LogP contribution in [0, 0.1) is 0 Å². The van der Waals surface area contributed by atoms with Gasteiger partial charge in [0.1, 0.15) is 5.75 Å². The minimum atomic E-state index is -0.0700. The molecule has 7 nitrogen and oxygen atoms in total. The molecule has 2 N–H and O–H groups in total. The Morgan fingerprint density at radius 2 is 2.00 bits per heavy atom. The molecule has 7 heteroatoms. The Balaban J connectivity index is 1.88. The molecule has 0 atom stereocenters. The monoisotopic (exact) mass is 372 g/mol. The third-order valence-electron chi connectivity index (χ3n) is 4.90.